The Kier molecular flexibility index (Phi) is 26.0. The largest absolute Gasteiger partial charge is 0.408 e. The standard InChI is InChI=1S/C11H10ClF3N4O6S2.C10H8ClF3N4O4S.C9H6ClF3N4O2.C2H6.5CH4/c1-26(22,23)19(27(2,24)25)10-8-6(12)3-4-7(18(20)21)9(8)17(16-10)5-11(13,14)15;1-23(21,22)16-9-7-5(11)2-3-6(18(19)20)8(7)17(15-9)4-10(12,13)14;10-4-1-2-5(17(18)19)7-6(4)8(14)15-16(7)3-9(11,12)13;1-2;;;;;/h3-4H,5H2,1-2H3;2-3H,4H2,1H3,(H,15,16);1-2H,3H2,(H2,14,15);1-2H3;5*1H4. The van der Waals surface area contributed by atoms with Crippen molar-refractivity contribution in [3.05, 3.63) is 81.8 Å². The lowest BCUT2D eigenvalue weighted by Gasteiger charge is -2.17. The topological polar surface area (TPSA) is 327 Å². The number of fused-ring (bicyclic) bond motifs is 3. The number of alkyl halides is 9. The predicted octanol–water partition coefficient (Wildman–Crippen LogP) is 11.4. The number of nitro groups is 3. The summed E-state index contributed by atoms with van der Waals surface area (Å²) >= 11 is 17.5. The van der Waals surface area contributed by atoms with Gasteiger partial charge in [-0.15, -0.1) is 3.71 Å². The molecule has 6 aromatic rings. The van der Waals surface area contributed by atoms with Crippen LogP contribution in [0.25, 0.3) is 32.7 Å². The second kappa shape index (κ2) is 26.7. The molecule has 0 saturated carbocycles. The van der Waals surface area contributed by atoms with E-state index in [0.717, 1.165) is 36.6 Å². The predicted molar refractivity (Wildman–Crippen MR) is 272 cm³/mol. The van der Waals surface area contributed by atoms with Crippen LogP contribution >= 0.6 is 34.8 Å². The van der Waals surface area contributed by atoms with Crippen LogP contribution in [0.2, 0.25) is 15.1 Å². The molecule has 432 valence electrons. The number of rotatable bonds is 11. The molecular formula is C37H50Cl3F9N12O12S3. The Morgan fingerprint density at radius 2 is 0.842 bits per heavy atom. The maximum Gasteiger partial charge on any atom is 0.408 e. The molecule has 6 rings (SSSR count). The molecule has 0 radical (unpaired) electrons. The summed E-state index contributed by atoms with van der Waals surface area (Å²) in [5.41, 5.74) is 1.76. The zero-order chi connectivity index (χ0) is 54.9. The van der Waals surface area contributed by atoms with Crippen molar-refractivity contribution in [2.45, 2.75) is 89.1 Å². The molecule has 0 bridgehead atoms. The first-order chi connectivity index (χ1) is 32.1. The van der Waals surface area contributed by atoms with Crippen molar-refractivity contribution in [3.8, 4) is 0 Å². The molecule has 0 spiro atoms. The highest BCUT2D eigenvalue weighted by molar-refractivity contribution is 8.09. The molecular weight excluding hydrogens is 1180 g/mol. The third-order valence-electron chi connectivity index (χ3n) is 8.11. The minimum Gasteiger partial charge on any atom is -0.382 e. The van der Waals surface area contributed by atoms with Gasteiger partial charge in [-0.05, 0) is 18.2 Å². The lowest BCUT2D eigenvalue weighted by Crippen LogP contribution is -2.36. The number of aromatic nitrogens is 6. The molecule has 0 amide bonds. The van der Waals surface area contributed by atoms with Gasteiger partial charge in [-0.3, -0.25) is 35.1 Å². The number of nitrogens with zero attached hydrogens (tertiary/aromatic N) is 10. The third kappa shape index (κ3) is 18.2. The molecule has 24 nitrogen and oxygen atoms in total. The second-order valence-corrected chi connectivity index (χ2v) is 20.5. The number of hydrogen-bond acceptors (Lipinski definition) is 16. The maximum atomic E-state index is 12.9. The van der Waals surface area contributed by atoms with Crippen LogP contribution in [0.3, 0.4) is 0 Å². The molecule has 0 fully saturated rings. The van der Waals surface area contributed by atoms with Crippen LogP contribution in [-0.4, -0.2) is 107 Å². The average Bonchev–Trinajstić information content (AvgIpc) is 3.80. The third-order valence-corrected chi connectivity index (χ3v) is 12.8. The minimum absolute atomic E-state index is 0. The zero-order valence-electron chi connectivity index (χ0n) is 35.8. The summed E-state index contributed by atoms with van der Waals surface area (Å²) in [6, 6.07) is 5.93. The number of non-ortho nitro benzene ring substituents is 3. The van der Waals surface area contributed by atoms with E-state index in [1.165, 1.54) is 6.07 Å². The fraction of sp³-hybridized carbons (Fsp3) is 0.432. The quantitative estimate of drug-likeness (QED) is 0.0691. The van der Waals surface area contributed by atoms with E-state index in [0.29, 0.717) is 21.9 Å². The Hall–Kier alpha value is -6.24. The summed E-state index contributed by atoms with van der Waals surface area (Å²) in [6.07, 6.45) is -12.5. The fourth-order valence-electron chi connectivity index (χ4n) is 6.03. The number of nitrogens with one attached hydrogen (secondary N) is 1. The molecule has 0 saturated heterocycles. The summed E-state index contributed by atoms with van der Waals surface area (Å²) in [7, 11) is -13.1. The van der Waals surface area contributed by atoms with Crippen LogP contribution in [0.5, 0.6) is 0 Å². The van der Waals surface area contributed by atoms with E-state index in [9.17, 15) is 95.1 Å². The van der Waals surface area contributed by atoms with Gasteiger partial charge < -0.3 is 5.73 Å². The molecule has 3 aromatic carbocycles. The van der Waals surface area contributed by atoms with Crippen LogP contribution in [0.4, 0.5) is 74.0 Å². The normalized spacial score (nSPS) is 11.5. The van der Waals surface area contributed by atoms with Gasteiger partial charge in [0.15, 0.2) is 17.5 Å². The van der Waals surface area contributed by atoms with Crippen molar-refractivity contribution in [2.75, 3.05) is 32.9 Å². The van der Waals surface area contributed by atoms with E-state index in [1.54, 1.807) is 0 Å². The Morgan fingerprint density at radius 3 is 1.16 bits per heavy atom. The number of anilines is 3. The molecule has 0 atom stereocenters. The van der Waals surface area contributed by atoms with Gasteiger partial charge in [0.1, 0.15) is 36.2 Å². The van der Waals surface area contributed by atoms with Gasteiger partial charge >= 0.3 is 18.5 Å². The van der Waals surface area contributed by atoms with Crippen LogP contribution in [0.15, 0.2) is 36.4 Å². The van der Waals surface area contributed by atoms with Gasteiger partial charge in [-0.25, -0.2) is 39.3 Å². The van der Waals surface area contributed by atoms with Gasteiger partial charge in [0, 0.05) is 18.2 Å². The summed E-state index contributed by atoms with van der Waals surface area (Å²) in [5, 5.41) is 41.9. The van der Waals surface area contributed by atoms with Gasteiger partial charge in [0.05, 0.1) is 64.8 Å². The highest BCUT2D eigenvalue weighted by Crippen LogP contribution is 2.41. The van der Waals surface area contributed by atoms with Crippen LogP contribution in [0, 0.1) is 30.3 Å². The van der Waals surface area contributed by atoms with Crippen molar-refractivity contribution in [3.63, 3.8) is 0 Å². The summed E-state index contributed by atoms with van der Waals surface area (Å²) in [4.78, 5) is 30.4. The SMILES string of the molecule is C.C.C.C.C.CC.CS(=O)(=O)N(c1nn(CC(F)(F)F)c2c([N+](=O)[O-])ccc(Cl)c12)S(C)(=O)=O.CS(=O)(=O)Nc1nn(CC(F)(F)F)c2c([N+](=O)[O-])ccc(Cl)c12.Nc1nn(CC(F)(F)F)c2c([N+](=O)[O-])ccc(Cl)c12. The number of benzene rings is 3. The molecule has 0 aliphatic carbocycles. The highest BCUT2D eigenvalue weighted by atomic mass is 35.5. The summed E-state index contributed by atoms with van der Waals surface area (Å²) in [5.74, 6) is -1.79. The molecule has 0 unspecified atom stereocenters. The lowest BCUT2D eigenvalue weighted by atomic mass is 10.2. The van der Waals surface area contributed by atoms with E-state index in [1.807, 2.05) is 18.6 Å². The van der Waals surface area contributed by atoms with Crippen molar-refractivity contribution >= 4 is 132 Å². The van der Waals surface area contributed by atoms with Gasteiger partial charge in [-0.1, -0.05) is 85.8 Å². The Labute approximate surface area is 443 Å². The number of sulfonamides is 3. The maximum absolute atomic E-state index is 12.9. The Balaban J connectivity index is -0.00000101. The molecule has 0 aliphatic heterocycles. The Bertz CT molecular complexity index is 3380. The molecule has 76 heavy (non-hydrogen) atoms. The van der Waals surface area contributed by atoms with E-state index in [2.05, 4.69) is 15.3 Å². The van der Waals surface area contributed by atoms with E-state index < -0.39 is 133 Å². The van der Waals surface area contributed by atoms with Gasteiger partial charge in [-0.2, -0.15) is 54.8 Å². The molecule has 0 aliphatic rings. The Morgan fingerprint density at radius 1 is 0.553 bits per heavy atom. The van der Waals surface area contributed by atoms with Crippen LogP contribution in [0.1, 0.15) is 51.0 Å². The summed E-state index contributed by atoms with van der Waals surface area (Å²) in [6.45, 7) is -0.968. The minimum atomic E-state index is -4.90. The van der Waals surface area contributed by atoms with Crippen molar-refractivity contribution in [2.24, 2.45) is 0 Å². The first kappa shape index (κ1) is 74.0. The fourth-order valence-corrected chi connectivity index (χ4v) is 10.1. The van der Waals surface area contributed by atoms with E-state index in [4.69, 9.17) is 40.5 Å². The van der Waals surface area contributed by atoms with Crippen molar-refractivity contribution in [1.82, 2.24) is 29.3 Å². The average molecular weight is 1230 g/mol. The first-order valence-corrected chi connectivity index (χ1v) is 25.0. The number of halogens is 12. The van der Waals surface area contributed by atoms with Crippen LogP contribution < -0.4 is 14.2 Å². The second-order valence-electron chi connectivity index (χ2n) is 13.6. The number of nitrogen functional groups attached to an aromatic ring is 1. The van der Waals surface area contributed by atoms with Crippen molar-refractivity contribution < 1.29 is 79.5 Å². The zero-order valence-corrected chi connectivity index (χ0v) is 40.5. The van der Waals surface area contributed by atoms with Crippen molar-refractivity contribution in [1.29, 1.82) is 0 Å². The van der Waals surface area contributed by atoms with E-state index in [-0.39, 0.29) is 77.7 Å². The van der Waals surface area contributed by atoms with Gasteiger partial charge in [0.2, 0.25) is 30.1 Å². The molecule has 3 aromatic heterocycles. The molecule has 3 N–H and O–H groups in total. The smallest absolute Gasteiger partial charge is 0.382 e. The number of nitrogens with two attached hydrogens (primary N) is 1. The first-order valence-electron chi connectivity index (χ1n) is 18.3. The lowest BCUT2D eigenvalue weighted by molar-refractivity contribution is -0.383. The highest BCUT2D eigenvalue weighted by Gasteiger charge is 2.39. The van der Waals surface area contributed by atoms with Crippen LogP contribution in [-0.2, 0) is 49.7 Å². The monoisotopic (exact) mass is 1230 g/mol. The van der Waals surface area contributed by atoms with E-state index >= 15 is 0 Å². The molecule has 3 heterocycles. The van der Waals surface area contributed by atoms with Gasteiger partial charge in [0.25, 0.3) is 17.1 Å². The molecule has 39 heteroatoms. The summed E-state index contributed by atoms with van der Waals surface area (Å²) < 4.78 is 187. The number of hydrogen-bond donors (Lipinski definition) is 2. The number of nitro benzene ring substituents is 3.